The molecule has 0 spiro atoms. The number of hydrogen-bond acceptors (Lipinski definition) is 7. The van der Waals surface area contributed by atoms with Gasteiger partial charge in [0.25, 0.3) is 5.91 Å². The van der Waals surface area contributed by atoms with Gasteiger partial charge in [0.15, 0.2) is 0 Å². The van der Waals surface area contributed by atoms with E-state index in [1.807, 2.05) is 65.7 Å². The molecule has 7 nitrogen and oxygen atoms in total. The van der Waals surface area contributed by atoms with Crippen molar-refractivity contribution in [3.05, 3.63) is 110 Å². The Kier molecular flexibility index (Phi) is 7.68. The number of carbonyl (C=O) groups is 1. The number of thiophene rings is 1. The van der Waals surface area contributed by atoms with Gasteiger partial charge in [0.1, 0.15) is 18.6 Å². The number of amides is 1. The van der Waals surface area contributed by atoms with Crippen LogP contribution in [0.3, 0.4) is 0 Å². The van der Waals surface area contributed by atoms with Crippen molar-refractivity contribution in [2.24, 2.45) is 0 Å². The van der Waals surface area contributed by atoms with Gasteiger partial charge in [-0.05, 0) is 46.7 Å². The number of carbonyl (C=O) groups excluding carboxylic acids is 1. The molecule has 5 rings (SSSR count). The number of hydrogen-bond donors (Lipinski definition) is 0. The Morgan fingerprint density at radius 3 is 2.53 bits per heavy atom. The van der Waals surface area contributed by atoms with Gasteiger partial charge < -0.3 is 14.1 Å². The highest BCUT2D eigenvalue weighted by Gasteiger charge is 2.24. The molecule has 3 heterocycles. The number of aryl methyl sites for hydroxylation is 1. The number of benzene rings is 2. The maximum absolute atomic E-state index is 12.7. The van der Waals surface area contributed by atoms with Gasteiger partial charge >= 0.3 is 0 Å². The molecule has 192 valence electrons. The maximum atomic E-state index is 12.7. The summed E-state index contributed by atoms with van der Waals surface area (Å²) in [7, 11) is 0. The van der Waals surface area contributed by atoms with Crippen LogP contribution in [0.1, 0.15) is 32.1 Å². The van der Waals surface area contributed by atoms with Crippen LogP contribution in [0.15, 0.2) is 81.5 Å². The minimum Gasteiger partial charge on any atom is -0.482 e. The van der Waals surface area contributed by atoms with Crippen LogP contribution in [0.4, 0.5) is 0 Å². The fraction of sp³-hybridized carbons (Fsp3) is 0.233. The van der Waals surface area contributed by atoms with E-state index in [1.54, 1.807) is 6.07 Å². The van der Waals surface area contributed by atoms with Crippen LogP contribution in [0.25, 0.3) is 11.1 Å². The molecule has 1 fully saturated rings. The Morgan fingerprint density at radius 1 is 1.08 bits per heavy atom. The Morgan fingerprint density at radius 2 is 1.84 bits per heavy atom. The third-order valence-electron chi connectivity index (χ3n) is 6.65. The summed E-state index contributed by atoms with van der Waals surface area (Å²) in [6.07, 6.45) is 1.37. The highest BCUT2D eigenvalue weighted by Crippen LogP contribution is 2.24. The summed E-state index contributed by atoms with van der Waals surface area (Å²) in [5, 5.41) is 11.3. The highest BCUT2D eigenvalue weighted by molar-refractivity contribution is 7.12. The molecule has 0 N–H and O–H groups in total. The zero-order chi connectivity index (χ0) is 26.5. The largest absolute Gasteiger partial charge is 0.482 e. The van der Waals surface area contributed by atoms with Gasteiger partial charge in [-0.3, -0.25) is 14.5 Å². The predicted molar refractivity (Wildman–Crippen MR) is 146 cm³/mol. The Hall–Kier alpha value is -4.19. The van der Waals surface area contributed by atoms with Crippen molar-refractivity contribution >= 4 is 17.2 Å². The molecular weight excluding hydrogens is 498 g/mol. The van der Waals surface area contributed by atoms with E-state index in [2.05, 4.69) is 11.0 Å². The van der Waals surface area contributed by atoms with Crippen molar-refractivity contribution in [3.63, 3.8) is 0 Å². The summed E-state index contributed by atoms with van der Waals surface area (Å²) in [4.78, 5) is 30.2. The number of piperazine rings is 1. The molecule has 0 unspecified atom stereocenters. The lowest BCUT2D eigenvalue weighted by atomic mass is 9.99. The monoisotopic (exact) mass is 525 g/mol. The fourth-order valence-electron chi connectivity index (χ4n) is 4.47. The first kappa shape index (κ1) is 25.5. The van der Waals surface area contributed by atoms with Gasteiger partial charge in [-0.1, -0.05) is 42.5 Å². The minimum absolute atomic E-state index is 0.0896. The van der Waals surface area contributed by atoms with E-state index in [4.69, 9.17) is 9.15 Å². The second kappa shape index (κ2) is 11.5. The second-order valence-electron chi connectivity index (χ2n) is 9.22. The lowest BCUT2D eigenvalue weighted by molar-refractivity contribution is 0.0623. The van der Waals surface area contributed by atoms with Gasteiger partial charge in [0.2, 0.25) is 11.2 Å². The zero-order valence-corrected chi connectivity index (χ0v) is 21.9. The molecule has 1 aliphatic rings. The van der Waals surface area contributed by atoms with Crippen molar-refractivity contribution < 1.29 is 13.9 Å². The molecule has 1 aliphatic heterocycles. The molecule has 0 saturated carbocycles. The molecule has 38 heavy (non-hydrogen) atoms. The van der Waals surface area contributed by atoms with E-state index < -0.39 is 0 Å². The van der Waals surface area contributed by atoms with Crippen molar-refractivity contribution in [2.45, 2.75) is 20.1 Å². The van der Waals surface area contributed by atoms with E-state index in [1.165, 1.54) is 23.7 Å². The summed E-state index contributed by atoms with van der Waals surface area (Å²) >= 11 is 1.48. The second-order valence-corrected chi connectivity index (χ2v) is 10.1. The predicted octanol–water partition coefficient (Wildman–Crippen LogP) is 5.09. The van der Waals surface area contributed by atoms with E-state index in [0.29, 0.717) is 44.0 Å². The van der Waals surface area contributed by atoms with Gasteiger partial charge in [0, 0.05) is 32.2 Å². The number of rotatable bonds is 7. The first-order chi connectivity index (χ1) is 18.5. The summed E-state index contributed by atoms with van der Waals surface area (Å²) in [6.45, 7) is 5.40. The number of ether oxygens (including phenoxy) is 1. The van der Waals surface area contributed by atoms with Crippen LogP contribution in [-0.4, -0.2) is 41.9 Å². The molecule has 0 bridgehead atoms. The van der Waals surface area contributed by atoms with Gasteiger partial charge in [-0.15, -0.1) is 11.3 Å². The Balaban J connectivity index is 1.14. The third-order valence-corrected chi connectivity index (χ3v) is 7.66. The smallest absolute Gasteiger partial charge is 0.264 e. The van der Waals surface area contributed by atoms with Crippen LogP contribution in [0, 0.1) is 18.3 Å². The van der Waals surface area contributed by atoms with Crippen LogP contribution in [0.5, 0.6) is 5.75 Å². The quantitative estimate of drug-likeness (QED) is 0.334. The average Bonchev–Trinajstić information content (AvgIpc) is 3.38. The van der Waals surface area contributed by atoms with Crippen molar-refractivity contribution in [1.82, 2.24) is 9.80 Å². The van der Waals surface area contributed by atoms with Gasteiger partial charge in [0.05, 0.1) is 23.1 Å². The zero-order valence-electron chi connectivity index (χ0n) is 21.1. The van der Waals surface area contributed by atoms with Crippen LogP contribution < -0.4 is 10.2 Å². The SMILES string of the molecule is Cc1ccsc1C(=O)N1CCN(Cc2cc(=O)c(OCc3ccc(-c4ccccc4C#N)cc3)co2)CC1. The minimum atomic E-state index is -0.229. The molecule has 0 radical (unpaired) electrons. The van der Waals surface area contributed by atoms with Gasteiger partial charge in [-0.25, -0.2) is 0 Å². The number of nitrogens with zero attached hydrogens (tertiary/aromatic N) is 3. The molecule has 1 saturated heterocycles. The van der Waals surface area contributed by atoms with E-state index in [-0.39, 0.29) is 23.7 Å². The average molecular weight is 526 g/mol. The Bertz CT molecular complexity index is 1530. The van der Waals surface area contributed by atoms with Crippen molar-refractivity contribution in [2.75, 3.05) is 26.2 Å². The maximum Gasteiger partial charge on any atom is 0.264 e. The van der Waals surface area contributed by atoms with Gasteiger partial charge in [-0.2, -0.15) is 5.26 Å². The summed E-state index contributed by atoms with van der Waals surface area (Å²) in [5.41, 5.74) is 4.14. The molecule has 2 aromatic heterocycles. The Labute approximate surface area is 225 Å². The number of nitriles is 1. The van der Waals surface area contributed by atoms with Crippen molar-refractivity contribution in [1.29, 1.82) is 5.26 Å². The van der Waals surface area contributed by atoms with Crippen LogP contribution in [-0.2, 0) is 13.2 Å². The third kappa shape index (κ3) is 5.70. The molecule has 2 aromatic carbocycles. The molecular formula is C30H27N3O4S. The standard InChI is InChI=1S/C30H27N3O4S/c1-21-10-15-38-29(21)30(35)33-13-11-32(12-14-33)18-25-16-27(34)28(20-36-25)37-19-22-6-8-23(9-7-22)26-5-3-2-4-24(26)17-31/h2-10,15-16,20H,11-14,18-19H2,1H3. The van der Waals surface area contributed by atoms with E-state index in [9.17, 15) is 14.9 Å². The highest BCUT2D eigenvalue weighted by atomic mass is 32.1. The molecule has 8 heteroatoms. The normalized spacial score (nSPS) is 13.7. The fourth-order valence-corrected chi connectivity index (χ4v) is 5.36. The molecule has 4 aromatic rings. The van der Waals surface area contributed by atoms with Crippen molar-refractivity contribution in [3.8, 4) is 22.9 Å². The topological polar surface area (TPSA) is 86.8 Å². The van der Waals surface area contributed by atoms with E-state index in [0.717, 1.165) is 27.1 Å². The molecule has 0 aliphatic carbocycles. The molecule has 0 atom stereocenters. The summed E-state index contributed by atoms with van der Waals surface area (Å²) in [6, 6.07) is 20.8. The van der Waals surface area contributed by atoms with Crippen LogP contribution in [0.2, 0.25) is 0 Å². The lowest BCUT2D eigenvalue weighted by Gasteiger charge is -2.34. The van der Waals surface area contributed by atoms with E-state index >= 15 is 0 Å². The summed E-state index contributed by atoms with van der Waals surface area (Å²) < 4.78 is 11.4. The lowest BCUT2D eigenvalue weighted by Crippen LogP contribution is -2.48. The van der Waals surface area contributed by atoms with Crippen LogP contribution >= 0.6 is 11.3 Å². The first-order valence-corrected chi connectivity index (χ1v) is 13.3. The first-order valence-electron chi connectivity index (χ1n) is 12.4. The molecule has 1 amide bonds. The summed E-state index contributed by atoms with van der Waals surface area (Å²) in [5.74, 6) is 0.818.